The van der Waals surface area contributed by atoms with E-state index in [9.17, 15) is 4.79 Å². The Hall–Kier alpha value is -1.80. The molecule has 6 nitrogen and oxygen atoms in total. The largest absolute Gasteiger partial charge is 0.494 e. The van der Waals surface area contributed by atoms with Gasteiger partial charge < -0.3 is 21.1 Å². The van der Waals surface area contributed by atoms with Crippen molar-refractivity contribution in [3.05, 3.63) is 38.5 Å². The summed E-state index contributed by atoms with van der Waals surface area (Å²) in [5.41, 5.74) is 12.4. The van der Waals surface area contributed by atoms with Crippen molar-refractivity contribution in [3.63, 3.8) is 0 Å². The Bertz CT molecular complexity index is 833. The highest BCUT2D eigenvalue weighted by atomic mass is 35.5. The first kappa shape index (κ1) is 21.5. The third kappa shape index (κ3) is 6.70. The standard InChI is InChI=1S/C18H22Cl2N4O2S/c1-24(2)5-3-4-6-26-13-8-11(14-10-15(19)27-16(14)20)7-12(9-13)17(25)23-18(21)22/h7-10H,3-6H2,1-2H3,(H4,21,22,23,25). The fourth-order valence-electron chi connectivity index (χ4n) is 2.40. The van der Waals surface area contributed by atoms with E-state index >= 15 is 0 Å². The molecule has 4 N–H and O–H groups in total. The lowest BCUT2D eigenvalue weighted by Gasteiger charge is -2.12. The molecule has 0 fully saturated rings. The zero-order valence-corrected chi connectivity index (χ0v) is 17.5. The minimum atomic E-state index is -0.549. The number of halogens is 2. The van der Waals surface area contributed by atoms with Gasteiger partial charge in [-0.2, -0.15) is 4.99 Å². The number of benzene rings is 1. The van der Waals surface area contributed by atoms with Gasteiger partial charge in [-0.15, -0.1) is 11.3 Å². The van der Waals surface area contributed by atoms with Gasteiger partial charge >= 0.3 is 0 Å². The summed E-state index contributed by atoms with van der Waals surface area (Å²) in [6.45, 7) is 1.52. The molecule has 0 spiro atoms. The van der Waals surface area contributed by atoms with E-state index in [0.29, 0.717) is 32.2 Å². The van der Waals surface area contributed by atoms with Crippen LogP contribution in [0.3, 0.4) is 0 Å². The number of amides is 1. The van der Waals surface area contributed by atoms with Crippen LogP contribution in [0.25, 0.3) is 11.1 Å². The number of carbonyl (C=O) groups excluding carboxylic acids is 1. The van der Waals surface area contributed by atoms with Gasteiger partial charge in [0.05, 0.1) is 10.9 Å². The summed E-state index contributed by atoms with van der Waals surface area (Å²) in [4.78, 5) is 18.0. The van der Waals surface area contributed by atoms with Gasteiger partial charge in [-0.1, -0.05) is 23.2 Å². The molecule has 2 aromatic rings. The summed E-state index contributed by atoms with van der Waals surface area (Å²) in [7, 11) is 4.06. The number of nitrogens with zero attached hydrogens (tertiary/aromatic N) is 2. The van der Waals surface area contributed by atoms with Crippen molar-refractivity contribution in [2.45, 2.75) is 12.8 Å². The topological polar surface area (TPSA) is 93.9 Å². The Balaban J connectivity index is 2.27. The molecule has 146 valence electrons. The molecule has 1 amide bonds. The molecule has 9 heteroatoms. The van der Waals surface area contributed by atoms with E-state index in [1.807, 2.05) is 20.2 Å². The molecule has 0 saturated carbocycles. The second-order valence-corrected chi connectivity index (χ2v) is 8.47. The lowest BCUT2D eigenvalue weighted by Crippen LogP contribution is -2.24. The van der Waals surface area contributed by atoms with Gasteiger partial charge in [0.25, 0.3) is 5.91 Å². The number of carbonyl (C=O) groups is 1. The predicted molar refractivity (Wildman–Crippen MR) is 113 cm³/mol. The number of unbranched alkanes of at least 4 members (excludes halogenated alkanes) is 1. The number of aliphatic imine (C=N–C) groups is 1. The minimum Gasteiger partial charge on any atom is -0.494 e. The lowest BCUT2D eigenvalue weighted by atomic mass is 10.0. The van der Waals surface area contributed by atoms with Crippen molar-refractivity contribution in [1.82, 2.24) is 4.90 Å². The summed E-state index contributed by atoms with van der Waals surface area (Å²) in [6, 6.07) is 6.85. The molecule has 1 aromatic heterocycles. The van der Waals surface area contributed by atoms with Crippen LogP contribution in [0.4, 0.5) is 0 Å². The Morgan fingerprint density at radius 1 is 1.19 bits per heavy atom. The molecule has 2 rings (SSSR count). The van der Waals surface area contributed by atoms with Crippen LogP contribution in [0.1, 0.15) is 23.2 Å². The second kappa shape index (κ2) is 9.94. The van der Waals surface area contributed by atoms with Crippen molar-refractivity contribution in [3.8, 4) is 16.9 Å². The fraction of sp³-hybridized carbons (Fsp3) is 0.333. The molecule has 0 atom stereocenters. The third-order valence-corrected chi connectivity index (χ3v) is 5.11. The molecule has 1 aromatic carbocycles. The van der Waals surface area contributed by atoms with E-state index in [1.54, 1.807) is 18.2 Å². The average Bonchev–Trinajstić information content (AvgIpc) is 2.92. The summed E-state index contributed by atoms with van der Waals surface area (Å²) in [5.74, 6) is -0.301. The summed E-state index contributed by atoms with van der Waals surface area (Å²) < 4.78 is 6.93. The maximum atomic E-state index is 12.3. The summed E-state index contributed by atoms with van der Waals surface area (Å²) in [6.07, 6.45) is 1.91. The molecule has 0 unspecified atom stereocenters. The van der Waals surface area contributed by atoms with E-state index in [4.69, 9.17) is 39.4 Å². The number of guanidine groups is 1. The summed E-state index contributed by atoms with van der Waals surface area (Å²) >= 11 is 13.6. The fourth-order valence-corrected chi connectivity index (χ4v) is 3.91. The van der Waals surface area contributed by atoms with Crippen LogP contribution in [0.2, 0.25) is 8.67 Å². The highest BCUT2D eigenvalue weighted by Crippen LogP contribution is 2.39. The highest BCUT2D eigenvalue weighted by Gasteiger charge is 2.14. The van der Waals surface area contributed by atoms with Crippen molar-refractivity contribution < 1.29 is 9.53 Å². The van der Waals surface area contributed by atoms with Gasteiger partial charge in [0.2, 0.25) is 0 Å². The van der Waals surface area contributed by atoms with Gasteiger partial charge in [0, 0.05) is 11.1 Å². The van der Waals surface area contributed by atoms with Gasteiger partial charge in [0.1, 0.15) is 10.1 Å². The first-order valence-electron chi connectivity index (χ1n) is 8.28. The van der Waals surface area contributed by atoms with Gasteiger partial charge in [0.15, 0.2) is 5.96 Å². The van der Waals surface area contributed by atoms with Crippen molar-refractivity contribution in [2.75, 3.05) is 27.2 Å². The van der Waals surface area contributed by atoms with Crippen LogP contribution in [0.5, 0.6) is 5.75 Å². The maximum absolute atomic E-state index is 12.3. The van der Waals surface area contributed by atoms with Crippen LogP contribution in [-0.2, 0) is 0 Å². The number of nitrogens with two attached hydrogens (primary N) is 2. The smallest absolute Gasteiger partial charge is 0.280 e. The molecule has 0 aliphatic rings. The monoisotopic (exact) mass is 428 g/mol. The molecule has 0 aliphatic heterocycles. The zero-order chi connectivity index (χ0) is 20.0. The Kier molecular flexibility index (Phi) is 7.91. The van der Waals surface area contributed by atoms with E-state index < -0.39 is 5.91 Å². The van der Waals surface area contributed by atoms with Crippen LogP contribution in [-0.4, -0.2) is 44.0 Å². The summed E-state index contributed by atoms with van der Waals surface area (Å²) in [5, 5.41) is 0. The maximum Gasteiger partial charge on any atom is 0.280 e. The number of hydrogen-bond acceptors (Lipinski definition) is 4. The Labute approximate surface area is 172 Å². The molecule has 27 heavy (non-hydrogen) atoms. The first-order chi connectivity index (χ1) is 12.8. The van der Waals surface area contributed by atoms with Crippen molar-refractivity contribution in [1.29, 1.82) is 0 Å². The molecule has 1 heterocycles. The highest BCUT2D eigenvalue weighted by molar-refractivity contribution is 7.20. The minimum absolute atomic E-state index is 0.298. The number of rotatable bonds is 8. The molecular weight excluding hydrogens is 407 g/mol. The van der Waals surface area contributed by atoms with Crippen molar-refractivity contribution >= 4 is 46.4 Å². The molecule has 0 bridgehead atoms. The SMILES string of the molecule is CN(C)CCCCOc1cc(C(=O)N=C(N)N)cc(-c2cc(Cl)sc2Cl)c1. The molecule has 0 saturated heterocycles. The molecule has 0 radical (unpaired) electrons. The zero-order valence-electron chi connectivity index (χ0n) is 15.2. The normalized spacial score (nSPS) is 10.9. The average molecular weight is 429 g/mol. The van der Waals surface area contributed by atoms with Crippen LogP contribution >= 0.6 is 34.5 Å². The third-order valence-electron chi connectivity index (χ3n) is 3.62. The first-order valence-corrected chi connectivity index (χ1v) is 9.85. The second-order valence-electron chi connectivity index (χ2n) is 6.18. The number of hydrogen-bond donors (Lipinski definition) is 2. The van der Waals surface area contributed by atoms with Crippen LogP contribution in [0.15, 0.2) is 29.3 Å². The van der Waals surface area contributed by atoms with E-state index in [2.05, 4.69) is 9.89 Å². The Morgan fingerprint density at radius 3 is 2.52 bits per heavy atom. The molecule has 0 aliphatic carbocycles. The number of thiophene rings is 1. The quantitative estimate of drug-likeness (QED) is 0.378. The van der Waals surface area contributed by atoms with Crippen LogP contribution < -0.4 is 16.2 Å². The molecular formula is C18H22Cl2N4O2S. The van der Waals surface area contributed by atoms with Crippen molar-refractivity contribution in [2.24, 2.45) is 16.5 Å². The van der Waals surface area contributed by atoms with Gasteiger partial charge in [-0.25, -0.2) is 0 Å². The van der Waals surface area contributed by atoms with Crippen LogP contribution in [0, 0.1) is 0 Å². The van der Waals surface area contributed by atoms with E-state index in [-0.39, 0.29) is 5.96 Å². The van der Waals surface area contributed by atoms with E-state index in [0.717, 1.165) is 24.9 Å². The lowest BCUT2D eigenvalue weighted by molar-refractivity contribution is 0.100. The predicted octanol–water partition coefficient (Wildman–Crippen LogP) is 3.86. The Morgan fingerprint density at radius 2 is 1.93 bits per heavy atom. The van der Waals surface area contributed by atoms with Gasteiger partial charge in [-0.05, 0) is 63.3 Å². The van der Waals surface area contributed by atoms with E-state index in [1.165, 1.54) is 11.3 Å². The number of ether oxygens (including phenoxy) is 1. The van der Waals surface area contributed by atoms with Gasteiger partial charge in [-0.3, -0.25) is 4.79 Å².